The molecule has 2 aromatic carbocycles. The number of nitrogens with zero attached hydrogens (tertiary/aromatic N) is 2. The quantitative estimate of drug-likeness (QED) is 0.835. The van der Waals surface area contributed by atoms with Crippen molar-refractivity contribution in [1.29, 1.82) is 0 Å². The molecule has 0 aliphatic carbocycles. The minimum absolute atomic E-state index is 0.0495. The molecule has 2 heterocycles. The molecule has 140 valence electrons. The number of carbonyl (C=O) groups is 2. The third-order valence-electron chi connectivity index (χ3n) is 5.05. The Morgan fingerprint density at radius 2 is 1.89 bits per heavy atom. The Kier molecular flexibility index (Phi) is 4.71. The number of carbonyl (C=O) groups excluding carboxylic acids is 2. The SMILES string of the molecule is CC(=O)N1CCC[C@H]1C(=O)N(Cc1ccc2c(c1)OCO2)c1ccccc1. The van der Waals surface area contributed by atoms with Crippen LogP contribution in [0.5, 0.6) is 11.5 Å². The van der Waals surface area contributed by atoms with E-state index in [1.807, 2.05) is 48.5 Å². The van der Waals surface area contributed by atoms with Gasteiger partial charge in [-0.3, -0.25) is 9.59 Å². The molecule has 1 fully saturated rings. The van der Waals surface area contributed by atoms with Crippen molar-refractivity contribution >= 4 is 17.5 Å². The van der Waals surface area contributed by atoms with E-state index >= 15 is 0 Å². The van der Waals surface area contributed by atoms with E-state index in [9.17, 15) is 9.59 Å². The third kappa shape index (κ3) is 3.47. The summed E-state index contributed by atoms with van der Waals surface area (Å²) in [6.45, 7) is 2.78. The van der Waals surface area contributed by atoms with Gasteiger partial charge in [0.1, 0.15) is 6.04 Å². The molecule has 0 N–H and O–H groups in total. The van der Waals surface area contributed by atoms with Gasteiger partial charge in [-0.2, -0.15) is 0 Å². The predicted octanol–water partition coefficient (Wildman–Crippen LogP) is 2.96. The summed E-state index contributed by atoms with van der Waals surface area (Å²) in [7, 11) is 0. The number of hydrogen-bond acceptors (Lipinski definition) is 4. The second kappa shape index (κ2) is 7.31. The molecule has 0 radical (unpaired) electrons. The molecule has 0 spiro atoms. The minimum Gasteiger partial charge on any atom is -0.454 e. The van der Waals surface area contributed by atoms with Crippen molar-refractivity contribution in [3.8, 4) is 11.5 Å². The van der Waals surface area contributed by atoms with Gasteiger partial charge in [-0.1, -0.05) is 24.3 Å². The predicted molar refractivity (Wildman–Crippen MR) is 101 cm³/mol. The maximum Gasteiger partial charge on any atom is 0.250 e. The smallest absolute Gasteiger partial charge is 0.250 e. The molecule has 2 aliphatic rings. The second-order valence-electron chi connectivity index (χ2n) is 6.82. The van der Waals surface area contributed by atoms with E-state index in [1.165, 1.54) is 6.92 Å². The van der Waals surface area contributed by atoms with Crippen LogP contribution in [0.15, 0.2) is 48.5 Å². The van der Waals surface area contributed by atoms with E-state index in [-0.39, 0.29) is 18.6 Å². The largest absolute Gasteiger partial charge is 0.454 e. The topological polar surface area (TPSA) is 59.1 Å². The van der Waals surface area contributed by atoms with Crippen LogP contribution in [0.25, 0.3) is 0 Å². The Morgan fingerprint density at radius 1 is 1.11 bits per heavy atom. The first-order chi connectivity index (χ1) is 13.1. The summed E-state index contributed by atoms with van der Waals surface area (Å²) in [5, 5.41) is 0. The van der Waals surface area contributed by atoms with Crippen molar-refractivity contribution in [3.05, 3.63) is 54.1 Å². The van der Waals surface area contributed by atoms with Crippen molar-refractivity contribution in [3.63, 3.8) is 0 Å². The molecule has 0 unspecified atom stereocenters. The Bertz CT molecular complexity index is 853. The molecule has 2 aliphatic heterocycles. The van der Waals surface area contributed by atoms with Crippen LogP contribution in [0, 0.1) is 0 Å². The first-order valence-electron chi connectivity index (χ1n) is 9.15. The van der Waals surface area contributed by atoms with E-state index in [2.05, 4.69) is 0 Å². The number of likely N-dealkylation sites (tertiary alicyclic amines) is 1. The van der Waals surface area contributed by atoms with Crippen molar-refractivity contribution < 1.29 is 19.1 Å². The zero-order chi connectivity index (χ0) is 18.8. The van der Waals surface area contributed by atoms with Gasteiger partial charge in [0.2, 0.25) is 18.6 Å². The van der Waals surface area contributed by atoms with Gasteiger partial charge in [0.05, 0.1) is 6.54 Å². The highest BCUT2D eigenvalue weighted by atomic mass is 16.7. The van der Waals surface area contributed by atoms with E-state index in [1.54, 1.807) is 9.80 Å². The Labute approximate surface area is 158 Å². The van der Waals surface area contributed by atoms with E-state index in [4.69, 9.17) is 9.47 Å². The number of anilines is 1. The molecule has 2 aromatic rings. The minimum atomic E-state index is -0.406. The lowest BCUT2D eigenvalue weighted by Gasteiger charge is -2.30. The number of ether oxygens (including phenoxy) is 2. The zero-order valence-corrected chi connectivity index (χ0v) is 15.3. The lowest BCUT2D eigenvalue weighted by molar-refractivity contribution is -0.135. The molecule has 0 saturated carbocycles. The maximum absolute atomic E-state index is 13.4. The van der Waals surface area contributed by atoms with Crippen molar-refractivity contribution in [1.82, 2.24) is 4.90 Å². The van der Waals surface area contributed by atoms with E-state index in [0.717, 1.165) is 23.4 Å². The number of amides is 2. The lowest BCUT2D eigenvalue weighted by atomic mass is 10.1. The highest BCUT2D eigenvalue weighted by Gasteiger charge is 2.35. The van der Waals surface area contributed by atoms with Gasteiger partial charge in [0, 0.05) is 19.2 Å². The fourth-order valence-corrected chi connectivity index (χ4v) is 3.71. The highest BCUT2D eigenvalue weighted by molar-refractivity contribution is 5.99. The normalized spacial score (nSPS) is 17.8. The standard InChI is InChI=1S/C21H22N2O4/c1-15(24)22-11-5-8-18(22)21(25)23(17-6-3-2-4-7-17)13-16-9-10-19-20(12-16)27-14-26-19/h2-4,6-7,9-10,12,18H,5,8,11,13-14H2,1H3/t18-/m0/s1. The fourth-order valence-electron chi connectivity index (χ4n) is 3.71. The van der Waals surface area contributed by atoms with Crippen LogP contribution in [0.1, 0.15) is 25.3 Å². The molecule has 4 rings (SSSR count). The Hall–Kier alpha value is -3.02. The van der Waals surface area contributed by atoms with Crippen LogP contribution in [-0.2, 0) is 16.1 Å². The number of para-hydroxylation sites is 1. The zero-order valence-electron chi connectivity index (χ0n) is 15.3. The third-order valence-corrected chi connectivity index (χ3v) is 5.05. The molecular weight excluding hydrogens is 344 g/mol. The number of fused-ring (bicyclic) bond motifs is 1. The van der Waals surface area contributed by atoms with Crippen LogP contribution in [0.3, 0.4) is 0 Å². The Balaban J connectivity index is 1.63. The molecule has 6 nitrogen and oxygen atoms in total. The summed E-state index contributed by atoms with van der Waals surface area (Å²) in [6.07, 6.45) is 1.55. The van der Waals surface area contributed by atoms with Crippen molar-refractivity contribution in [2.45, 2.75) is 32.4 Å². The summed E-state index contributed by atoms with van der Waals surface area (Å²) < 4.78 is 10.8. The fraction of sp³-hybridized carbons (Fsp3) is 0.333. The lowest BCUT2D eigenvalue weighted by Crippen LogP contribution is -2.47. The molecule has 27 heavy (non-hydrogen) atoms. The van der Waals surface area contributed by atoms with Crippen LogP contribution in [0.4, 0.5) is 5.69 Å². The maximum atomic E-state index is 13.4. The molecule has 1 saturated heterocycles. The van der Waals surface area contributed by atoms with Crippen LogP contribution >= 0.6 is 0 Å². The van der Waals surface area contributed by atoms with Gasteiger partial charge >= 0.3 is 0 Å². The molecule has 0 aromatic heterocycles. The molecular formula is C21H22N2O4. The van der Waals surface area contributed by atoms with Crippen LogP contribution < -0.4 is 14.4 Å². The summed E-state index contributed by atoms with van der Waals surface area (Å²) in [5.74, 6) is 1.31. The first-order valence-corrected chi connectivity index (χ1v) is 9.15. The number of hydrogen-bond donors (Lipinski definition) is 0. The summed E-state index contributed by atoms with van der Waals surface area (Å²) >= 11 is 0. The van der Waals surface area contributed by atoms with E-state index in [0.29, 0.717) is 25.3 Å². The number of benzene rings is 2. The summed E-state index contributed by atoms with van der Waals surface area (Å²) in [5.41, 5.74) is 1.76. The summed E-state index contributed by atoms with van der Waals surface area (Å²) in [6, 6.07) is 14.9. The average Bonchev–Trinajstić information content (AvgIpc) is 3.35. The van der Waals surface area contributed by atoms with Crippen molar-refractivity contribution in [2.24, 2.45) is 0 Å². The van der Waals surface area contributed by atoms with Gasteiger partial charge in [0.15, 0.2) is 11.5 Å². The molecule has 2 amide bonds. The van der Waals surface area contributed by atoms with Gasteiger partial charge in [-0.15, -0.1) is 0 Å². The van der Waals surface area contributed by atoms with Gasteiger partial charge < -0.3 is 19.3 Å². The van der Waals surface area contributed by atoms with Crippen molar-refractivity contribution in [2.75, 3.05) is 18.2 Å². The second-order valence-corrected chi connectivity index (χ2v) is 6.82. The van der Waals surface area contributed by atoms with E-state index < -0.39 is 6.04 Å². The van der Waals surface area contributed by atoms with Gasteiger partial charge in [-0.05, 0) is 42.7 Å². The van der Waals surface area contributed by atoms with Gasteiger partial charge in [0.25, 0.3) is 0 Å². The molecule has 1 atom stereocenters. The highest BCUT2D eigenvalue weighted by Crippen LogP contribution is 2.33. The monoisotopic (exact) mass is 366 g/mol. The Morgan fingerprint density at radius 3 is 2.67 bits per heavy atom. The average molecular weight is 366 g/mol. The van der Waals surface area contributed by atoms with Crippen LogP contribution in [0.2, 0.25) is 0 Å². The molecule has 0 bridgehead atoms. The first kappa shape index (κ1) is 17.4. The number of rotatable bonds is 4. The molecule has 6 heteroatoms. The van der Waals surface area contributed by atoms with Crippen LogP contribution in [-0.4, -0.2) is 36.1 Å². The summed E-state index contributed by atoms with van der Waals surface area (Å²) in [4.78, 5) is 28.7. The van der Waals surface area contributed by atoms with Gasteiger partial charge in [-0.25, -0.2) is 0 Å².